The highest BCUT2D eigenvalue weighted by molar-refractivity contribution is 9.10. The maximum Gasteiger partial charge on any atom is 0.254 e. The topological polar surface area (TPSA) is 59.8 Å². The molecule has 0 fully saturated rings. The molecule has 0 radical (unpaired) electrons. The van der Waals surface area contributed by atoms with Crippen molar-refractivity contribution in [1.29, 1.82) is 0 Å². The Morgan fingerprint density at radius 3 is 2.80 bits per heavy atom. The van der Waals surface area contributed by atoms with Crippen LogP contribution in [0.4, 0.5) is 0 Å². The first-order chi connectivity index (χ1) is 12.1. The number of carbonyl (C=O) groups is 1. The fraction of sp³-hybridized carbons (Fsp3) is 0.278. The molecule has 2 heterocycles. The third-order valence-corrected chi connectivity index (χ3v) is 5.26. The van der Waals surface area contributed by atoms with Crippen LogP contribution in [-0.2, 0) is 6.42 Å². The minimum Gasteiger partial charge on any atom is -0.352 e. The number of aromatic nitrogens is 3. The summed E-state index contributed by atoms with van der Waals surface area (Å²) in [6, 6.07) is 7.78. The average Bonchev–Trinajstić information content (AvgIpc) is 3.24. The maximum atomic E-state index is 12.2. The number of rotatable bonds is 7. The molecule has 1 amide bonds. The van der Waals surface area contributed by atoms with E-state index in [1.54, 1.807) is 28.4 Å². The van der Waals surface area contributed by atoms with E-state index in [0.29, 0.717) is 12.1 Å². The van der Waals surface area contributed by atoms with Crippen LogP contribution in [-0.4, -0.2) is 27.2 Å². The molecule has 25 heavy (non-hydrogen) atoms. The number of amides is 1. The quantitative estimate of drug-likeness (QED) is 0.586. The number of thiazole rings is 1. The summed E-state index contributed by atoms with van der Waals surface area (Å²) >= 11 is 5.11. The largest absolute Gasteiger partial charge is 0.352 e. The summed E-state index contributed by atoms with van der Waals surface area (Å²) in [5.74, 6) is -0.0894. The van der Waals surface area contributed by atoms with Gasteiger partial charge in [0.2, 0.25) is 0 Å². The van der Waals surface area contributed by atoms with Gasteiger partial charge in [-0.1, -0.05) is 15.9 Å². The van der Waals surface area contributed by atoms with Crippen LogP contribution in [0.25, 0.3) is 5.69 Å². The fourth-order valence-electron chi connectivity index (χ4n) is 2.40. The van der Waals surface area contributed by atoms with Gasteiger partial charge in [-0.3, -0.25) is 4.79 Å². The molecule has 0 aliphatic rings. The van der Waals surface area contributed by atoms with Crippen molar-refractivity contribution < 1.29 is 4.79 Å². The van der Waals surface area contributed by atoms with Crippen LogP contribution >= 0.6 is 27.3 Å². The van der Waals surface area contributed by atoms with Gasteiger partial charge in [-0.15, -0.1) is 11.3 Å². The molecule has 7 heteroatoms. The van der Waals surface area contributed by atoms with Crippen LogP contribution < -0.4 is 5.32 Å². The second kappa shape index (κ2) is 8.40. The van der Waals surface area contributed by atoms with Crippen molar-refractivity contribution in [2.45, 2.75) is 26.2 Å². The molecular weight excluding hydrogens is 400 g/mol. The zero-order valence-corrected chi connectivity index (χ0v) is 16.3. The van der Waals surface area contributed by atoms with Crippen LogP contribution in [0, 0.1) is 6.92 Å². The normalized spacial score (nSPS) is 10.8. The number of benzene rings is 1. The van der Waals surface area contributed by atoms with Crippen LogP contribution in [0.5, 0.6) is 0 Å². The zero-order valence-electron chi connectivity index (χ0n) is 13.9. The minimum absolute atomic E-state index is 0.0894. The number of hydrogen-bond donors (Lipinski definition) is 1. The minimum atomic E-state index is -0.0894. The molecule has 0 aliphatic carbocycles. The maximum absolute atomic E-state index is 12.2. The van der Waals surface area contributed by atoms with Crippen LogP contribution in [0.15, 0.2) is 46.5 Å². The lowest BCUT2D eigenvalue weighted by atomic mass is 10.2. The molecular formula is C18H19BrN4OS. The van der Waals surface area contributed by atoms with Gasteiger partial charge in [0.05, 0.1) is 22.5 Å². The van der Waals surface area contributed by atoms with E-state index in [-0.39, 0.29) is 5.91 Å². The number of halogens is 1. The standard InChI is InChI=1S/C18H19BrN4OS/c1-13-12-25-17(22-13)4-2-3-9-20-18(24)14-10-21-23(11-14)16-7-5-15(19)6-8-16/h5-8,10-12H,2-4,9H2,1H3,(H,20,24). The van der Waals surface area contributed by atoms with E-state index < -0.39 is 0 Å². The first-order valence-electron chi connectivity index (χ1n) is 8.11. The van der Waals surface area contributed by atoms with Crippen molar-refractivity contribution in [3.63, 3.8) is 0 Å². The van der Waals surface area contributed by atoms with Crippen molar-refractivity contribution in [2.75, 3.05) is 6.54 Å². The Morgan fingerprint density at radius 2 is 2.08 bits per heavy atom. The second-order valence-corrected chi connectivity index (χ2v) is 7.60. The second-order valence-electron chi connectivity index (χ2n) is 5.75. The third kappa shape index (κ3) is 4.99. The summed E-state index contributed by atoms with van der Waals surface area (Å²) in [6.07, 6.45) is 6.26. The Hall–Kier alpha value is -1.99. The Morgan fingerprint density at radius 1 is 1.28 bits per heavy atom. The molecule has 0 spiro atoms. The molecule has 3 aromatic rings. The van der Waals surface area contributed by atoms with Gasteiger partial charge in [0.1, 0.15) is 0 Å². The first kappa shape index (κ1) is 17.8. The Labute approximate surface area is 159 Å². The van der Waals surface area contributed by atoms with E-state index in [1.807, 2.05) is 31.2 Å². The molecule has 2 aromatic heterocycles. The number of nitrogens with zero attached hydrogens (tertiary/aromatic N) is 3. The molecule has 0 saturated carbocycles. The molecule has 130 valence electrons. The summed E-state index contributed by atoms with van der Waals surface area (Å²) < 4.78 is 2.71. The molecule has 0 unspecified atom stereocenters. The van der Waals surface area contributed by atoms with Crippen LogP contribution in [0.2, 0.25) is 0 Å². The monoisotopic (exact) mass is 418 g/mol. The van der Waals surface area contributed by atoms with Crippen molar-refractivity contribution in [3.05, 3.63) is 62.8 Å². The molecule has 0 atom stereocenters. The number of aryl methyl sites for hydroxylation is 2. The molecule has 0 saturated heterocycles. The van der Waals surface area contributed by atoms with Crippen molar-refractivity contribution in [1.82, 2.24) is 20.1 Å². The van der Waals surface area contributed by atoms with Crippen LogP contribution in [0.3, 0.4) is 0 Å². The summed E-state index contributed by atoms with van der Waals surface area (Å²) in [6.45, 7) is 2.67. The molecule has 0 aliphatic heterocycles. The number of unbranched alkanes of at least 4 members (excludes halogenated alkanes) is 1. The van der Waals surface area contributed by atoms with Gasteiger partial charge in [-0.25, -0.2) is 9.67 Å². The van der Waals surface area contributed by atoms with E-state index in [1.165, 1.54) is 5.01 Å². The molecule has 1 aromatic carbocycles. The van der Waals surface area contributed by atoms with E-state index >= 15 is 0 Å². The molecule has 0 bridgehead atoms. The van der Waals surface area contributed by atoms with E-state index in [0.717, 1.165) is 35.1 Å². The third-order valence-electron chi connectivity index (χ3n) is 3.71. The fourth-order valence-corrected chi connectivity index (χ4v) is 3.48. The number of hydrogen-bond acceptors (Lipinski definition) is 4. The molecule has 5 nitrogen and oxygen atoms in total. The smallest absolute Gasteiger partial charge is 0.254 e. The first-order valence-corrected chi connectivity index (χ1v) is 9.79. The zero-order chi connectivity index (χ0) is 17.6. The van der Waals surface area contributed by atoms with Gasteiger partial charge in [-0.05, 0) is 50.5 Å². The Balaban J connectivity index is 1.44. The molecule has 3 rings (SSSR count). The van der Waals surface area contributed by atoms with Crippen molar-refractivity contribution in [2.24, 2.45) is 0 Å². The summed E-state index contributed by atoms with van der Waals surface area (Å²) in [5, 5.41) is 10.4. The van der Waals surface area contributed by atoms with Gasteiger partial charge in [0.25, 0.3) is 5.91 Å². The Bertz CT molecular complexity index is 841. The highest BCUT2D eigenvalue weighted by atomic mass is 79.9. The lowest BCUT2D eigenvalue weighted by Crippen LogP contribution is -2.24. The van der Waals surface area contributed by atoms with Gasteiger partial charge < -0.3 is 5.32 Å². The predicted molar refractivity (Wildman–Crippen MR) is 103 cm³/mol. The van der Waals surface area contributed by atoms with E-state index in [9.17, 15) is 4.79 Å². The summed E-state index contributed by atoms with van der Waals surface area (Å²) in [5.41, 5.74) is 2.57. The van der Waals surface area contributed by atoms with Gasteiger partial charge >= 0.3 is 0 Å². The van der Waals surface area contributed by atoms with Gasteiger partial charge in [-0.2, -0.15) is 5.10 Å². The Kier molecular flexibility index (Phi) is 5.99. The average molecular weight is 419 g/mol. The lowest BCUT2D eigenvalue weighted by molar-refractivity contribution is 0.0953. The van der Waals surface area contributed by atoms with Crippen LogP contribution in [0.1, 0.15) is 33.9 Å². The SMILES string of the molecule is Cc1csc(CCCCNC(=O)c2cnn(-c3ccc(Br)cc3)c2)n1. The van der Waals surface area contributed by atoms with Crippen molar-refractivity contribution in [3.8, 4) is 5.69 Å². The lowest BCUT2D eigenvalue weighted by Gasteiger charge is -2.03. The van der Waals surface area contributed by atoms with E-state index in [2.05, 4.69) is 36.7 Å². The van der Waals surface area contributed by atoms with Gasteiger partial charge in [0.15, 0.2) is 0 Å². The highest BCUT2D eigenvalue weighted by Crippen LogP contribution is 2.14. The highest BCUT2D eigenvalue weighted by Gasteiger charge is 2.09. The number of carbonyl (C=O) groups excluding carboxylic acids is 1. The van der Waals surface area contributed by atoms with E-state index in [4.69, 9.17) is 0 Å². The summed E-state index contributed by atoms with van der Waals surface area (Å²) in [7, 11) is 0. The number of nitrogens with one attached hydrogen (secondary N) is 1. The summed E-state index contributed by atoms with van der Waals surface area (Å²) in [4.78, 5) is 16.6. The van der Waals surface area contributed by atoms with Crippen molar-refractivity contribution >= 4 is 33.2 Å². The predicted octanol–water partition coefficient (Wildman–Crippen LogP) is 4.15. The van der Waals surface area contributed by atoms with Gasteiger partial charge in [0, 0.05) is 28.3 Å². The molecule has 1 N–H and O–H groups in total.